The summed E-state index contributed by atoms with van der Waals surface area (Å²) in [6.45, 7) is -0.866. The molecule has 2 N–H and O–H groups in total. The van der Waals surface area contributed by atoms with Gasteiger partial charge < -0.3 is 10.2 Å². The van der Waals surface area contributed by atoms with E-state index in [-0.39, 0.29) is 5.56 Å². The van der Waals surface area contributed by atoms with E-state index in [2.05, 4.69) is 0 Å². The zero-order chi connectivity index (χ0) is 14.6. The average Bonchev–Trinajstić information content (AvgIpc) is 2.27. The number of rotatable bonds is 6. The quantitative estimate of drug-likeness (QED) is 0.452. The van der Waals surface area contributed by atoms with E-state index in [9.17, 15) is 24.1 Å². The van der Waals surface area contributed by atoms with Crippen molar-refractivity contribution in [3.63, 3.8) is 0 Å². The van der Waals surface area contributed by atoms with Gasteiger partial charge in [-0.2, -0.15) is 0 Å². The first-order valence-electron chi connectivity index (χ1n) is 5.15. The number of carbonyl (C=O) groups is 2. The van der Waals surface area contributed by atoms with Crippen molar-refractivity contribution in [1.82, 2.24) is 0 Å². The van der Waals surface area contributed by atoms with Crippen molar-refractivity contribution < 1.29 is 29.1 Å². The van der Waals surface area contributed by atoms with Crippen LogP contribution in [0.3, 0.4) is 0 Å². The van der Waals surface area contributed by atoms with Crippen molar-refractivity contribution in [3.8, 4) is 0 Å². The van der Waals surface area contributed by atoms with Crippen molar-refractivity contribution in [3.05, 3.63) is 45.8 Å². The Bertz CT molecular complexity index is 486. The maximum Gasteiger partial charge on any atom is 0.318 e. The van der Waals surface area contributed by atoms with Crippen molar-refractivity contribution in [1.29, 1.82) is 0 Å². The molecule has 1 atom stereocenters. The monoisotopic (exact) mass is 271 g/mol. The smallest absolute Gasteiger partial charge is 0.318 e. The maximum absolute atomic E-state index is 12.8. The molecule has 19 heavy (non-hydrogen) atoms. The molecule has 0 saturated carbocycles. The second-order valence-electron chi connectivity index (χ2n) is 3.83. The van der Waals surface area contributed by atoms with Gasteiger partial charge in [0.1, 0.15) is 5.82 Å². The molecule has 0 aromatic heterocycles. The van der Waals surface area contributed by atoms with E-state index in [1.54, 1.807) is 0 Å². The first kappa shape index (κ1) is 14.6. The maximum atomic E-state index is 12.8. The Hall–Kier alpha value is -2.51. The van der Waals surface area contributed by atoms with Gasteiger partial charge in [0.05, 0.1) is 5.92 Å². The van der Waals surface area contributed by atoms with Gasteiger partial charge in [-0.05, 0) is 17.7 Å². The molecule has 1 aromatic carbocycles. The highest BCUT2D eigenvalue weighted by molar-refractivity contribution is 5.94. The van der Waals surface area contributed by atoms with Crippen molar-refractivity contribution in [2.24, 2.45) is 5.92 Å². The molecule has 0 fully saturated rings. The molecule has 0 aliphatic rings. The van der Waals surface area contributed by atoms with Gasteiger partial charge in [-0.1, -0.05) is 12.1 Å². The van der Waals surface area contributed by atoms with E-state index in [4.69, 9.17) is 10.2 Å². The molecule has 1 aromatic rings. The molecule has 8 heteroatoms. The summed E-state index contributed by atoms with van der Waals surface area (Å²) in [7, 11) is 0. The number of hydrogen-bond donors (Lipinski definition) is 2. The van der Waals surface area contributed by atoms with Crippen LogP contribution in [0.15, 0.2) is 24.3 Å². The summed E-state index contributed by atoms with van der Waals surface area (Å²) >= 11 is 0. The zero-order valence-electron chi connectivity index (χ0n) is 9.52. The minimum absolute atomic E-state index is 0.0906. The minimum Gasteiger partial charge on any atom is -0.481 e. The lowest BCUT2D eigenvalue weighted by Crippen LogP contribution is -2.33. The highest BCUT2D eigenvalue weighted by Gasteiger charge is 2.39. The van der Waals surface area contributed by atoms with Crippen LogP contribution in [0.1, 0.15) is 11.5 Å². The number of carboxylic acids is 2. The van der Waals surface area contributed by atoms with Crippen LogP contribution in [0.4, 0.5) is 4.39 Å². The first-order chi connectivity index (χ1) is 8.82. The van der Waals surface area contributed by atoms with E-state index >= 15 is 0 Å². The Balaban J connectivity index is 3.19. The lowest BCUT2D eigenvalue weighted by atomic mass is 9.86. The molecular weight excluding hydrogens is 261 g/mol. The number of nitro groups is 1. The number of aliphatic carboxylic acids is 2. The van der Waals surface area contributed by atoms with Crippen LogP contribution in [-0.4, -0.2) is 33.6 Å². The first-order valence-corrected chi connectivity index (χ1v) is 5.15. The molecule has 0 bridgehead atoms. The van der Waals surface area contributed by atoms with E-state index in [0.29, 0.717) is 0 Å². The van der Waals surface area contributed by atoms with Crippen LogP contribution in [0.5, 0.6) is 0 Å². The van der Waals surface area contributed by atoms with Gasteiger partial charge >= 0.3 is 11.9 Å². The van der Waals surface area contributed by atoms with Crippen LogP contribution in [0.25, 0.3) is 0 Å². The number of hydrogen-bond acceptors (Lipinski definition) is 4. The van der Waals surface area contributed by atoms with Crippen molar-refractivity contribution >= 4 is 11.9 Å². The van der Waals surface area contributed by atoms with Crippen LogP contribution in [0, 0.1) is 21.8 Å². The predicted octanol–water partition coefficient (Wildman–Crippen LogP) is 0.971. The standard InChI is InChI=1S/C11H10FNO6/c12-7-3-1-6(2-4-7)8(5-13(18)19)9(10(14)15)11(16)17/h1-4,8-9H,5H2,(H,14,15)(H,16,17). The number of nitrogens with zero attached hydrogens (tertiary/aromatic N) is 1. The highest BCUT2D eigenvalue weighted by atomic mass is 19.1. The zero-order valence-corrected chi connectivity index (χ0v) is 9.52. The van der Waals surface area contributed by atoms with Crippen LogP contribution in [-0.2, 0) is 9.59 Å². The summed E-state index contributed by atoms with van der Waals surface area (Å²) in [5.41, 5.74) is 0.0906. The summed E-state index contributed by atoms with van der Waals surface area (Å²) in [6.07, 6.45) is 0. The third-order valence-electron chi connectivity index (χ3n) is 2.58. The minimum atomic E-state index is -1.96. The molecule has 1 unspecified atom stereocenters. The highest BCUT2D eigenvalue weighted by Crippen LogP contribution is 2.26. The molecule has 0 amide bonds. The topological polar surface area (TPSA) is 118 Å². The van der Waals surface area contributed by atoms with Crippen LogP contribution in [0.2, 0.25) is 0 Å². The fraction of sp³-hybridized carbons (Fsp3) is 0.273. The summed E-state index contributed by atoms with van der Waals surface area (Å²) in [6, 6.07) is 4.26. The van der Waals surface area contributed by atoms with Gasteiger partial charge in [0.15, 0.2) is 5.92 Å². The number of halogens is 1. The molecule has 102 valence electrons. The second kappa shape index (κ2) is 5.89. The van der Waals surface area contributed by atoms with Gasteiger partial charge in [-0.25, -0.2) is 4.39 Å². The Labute approximate surface area is 106 Å². The molecule has 0 radical (unpaired) electrons. The van der Waals surface area contributed by atoms with Gasteiger partial charge in [0.2, 0.25) is 6.54 Å². The van der Waals surface area contributed by atoms with Gasteiger partial charge in [-0.15, -0.1) is 0 Å². The molecule has 0 heterocycles. The van der Waals surface area contributed by atoms with E-state index in [1.165, 1.54) is 0 Å². The molecule has 0 spiro atoms. The fourth-order valence-electron chi connectivity index (χ4n) is 1.72. The van der Waals surface area contributed by atoms with Crippen LogP contribution < -0.4 is 0 Å². The van der Waals surface area contributed by atoms with E-state index < -0.39 is 41.1 Å². The Kier molecular flexibility index (Phi) is 4.51. The predicted molar refractivity (Wildman–Crippen MR) is 59.8 cm³/mol. The second-order valence-corrected chi connectivity index (χ2v) is 3.83. The normalized spacial score (nSPS) is 12.1. The molecule has 7 nitrogen and oxygen atoms in total. The third kappa shape index (κ3) is 3.73. The molecule has 1 rings (SSSR count). The van der Waals surface area contributed by atoms with E-state index in [0.717, 1.165) is 24.3 Å². The lowest BCUT2D eigenvalue weighted by molar-refractivity contribution is -0.484. The van der Waals surface area contributed by atoms with Gasteiger partial charge in [0, 0.05) is 4.92 Å². The molecular formula is C11H10FNO6. The summed E-state index contributed by atoms with van der Waals surface area (Å²) < 4.78 is 12.8. The molecule has 0 aliphatic heterocycles. The van der Waals surface area contributed by atoms with Gasteiger partial charge in [0.25, 0.3) is 0 Å². The Morgan fingerprint density at radius 3 is 2.05 bits per heavy atom. The summed E-state index contributed by atoms with van der Waals surface area (Å²) in [5, 5.41) is 28.3. The SMILES string of the molecule is O=C(O)C(C(=O)O)C(C[N+](=O)[O-])c1ccc(F)cc1. The summed E-state index contributed by atoms with van der Waals surface area (Å²) in [5.74, 6) is -7.29. The fourth-order valence-corrected chi connectivity index (χ4v) is 1.72. The lowest BCUT2D eigenvalue weighted by Gasteiger charge is -2.17. The molecule has 0 aliphatic carbocycles. The Morgan fingerprint density at radius 1 is 1.21 bits per heavy atom. The van der Waals surface area contributed by atoms with E-state index in [1.807, 2.05) is 0 Å². The Morgan fingerprint density at radius 2 is 1.68 bits per heavy atom. The van der Waals surface area contributed by atoms with Crippen LogP contribution >= 0.6 is 0 Å². The van der Waals surface area contributed by atoms with Crippen molar-refractivity contribution in [2.75, 3.05) is 6.54 Å². The average molecular weight is 271 g/mol. The number of carboxylic acid groups (broad SMARTS) is 2. The third-order valence-corrected chi connectivity index (χ3v) is 2.58. The number of benzene rings is 1. The van der Waals surface area contributed by atoms with Gasteiger partial charge in [-0.3, -0.25) is 19.7 Å². The largest absolute Gasteiger partial charge is 0.481 e. The summed E-state index contributed by atoms with van der Waals surface area (Å²) in [4.78, 5) is 31.6. The van der Waals surface area contributed by atoms with Crippen molar-refractivity contribution in [2.45, 2.75) is 5.92 Å². The molecule has 0 saturated heterocycles.